The average molecular weight is 1570 g/mol. The molecule has 1 aromatic carbocycles. The molecule has 3 saturated heterocycles. The van der Waals surface area contributed by atoms with Crippen LogP contribution in [-0.2, 0) is 112 Å². The van der Waals surface area contributed by atoms with Gasteiger partial charge in [0.25, 0.3) is 0 Å². The number of carbonyl (C=O) groups excluding carboxylic acids is 12. The summed E-state index contributed by atoms with van der Waals surface area (Å²) in [6.07, 6.45) is 6.85. The van der Waals surface area contributed by atoms with Gasteiger partial charge in [-0.15, -0.1) is 0 Å². The first-order valence-electron chi connectivity index (χ1n) is 40.8. The van der Waals surface area contributed by atoms with Crippen LogP contribution in [0.4, 0.5) is 0 Å². The molecule has 0 aliphatic carbocycles. The molecule has 0 saturated carbocycles. The monoisotopic (exact) mass is 1570 g/mol. The Morgan fingerprint density at radius 2 is 0.820 bits per heavy atom. The van der Waals surface area contributed by atoms with Gasteiger partial charge in [0.05, 0.1) is 50.0 Å². The number of hydrogen-bond acceptors (Lipinski definition) is 23. The van der Waals surface area contributed by atoms with E-state index in [0.29, 0.717) is 83.9 Å². The number of hydrogen-bond donors (Lipinski definition) is 6. The Bertz CT molecular complexity index is 2980. The Balaban J connectivity index is 1.35. The Morgan fingerprint density at radius 1 is 0.396 bits per heavy atom. The van der Waals surface area contributed by atoms with Crippen LogP contribution in [-0.4, -0.2) is 211 Å². The minimum atomic E-state index is -1.07. The topological polar surface area (TPSA) is 373 Å². The van der Waals surface area contributed by atoms with E-state index in [1.54, 1.807) is 0 Å². The molecule has 111 heavy (non-hydrogen) atoms. The quantitative estimate of drug-likeness (QED) is 0.0203. The van der Waals surface area contributed by atoms with Crippen LogP contribution in [0.5, 0.6) is 0 Å². The SMILES string of the molecule is CC(=O)NC1[C@H](OCCCCCCNC(=O)CNC(=O)CN(CC(=O)CCC(=O)NCCCCCCO[C@@H]2OC(COC(C)=O)[C@H](C)[C@H](C)C2C)C(CCCCNC(=O)CCCC(=O)OCc2ccccc2)C(=O)CCC(=O)NCCCCCCO[C@@H]2OC(COC(C)=O)[C@H](C)[C@H](C)C2C)OC(COC(C)=O)[C@H](C)[C@@H]1C. The second-order valence-electron chi connectivity index (χ2n) is 30.6. The van der Waals surface area contributed by atoms with E-state index in [1.165, 1.54) is 32.6 Å². The molecule has 16 atom stereocenters. The van der Waals surface area contributed by atoms with E-state index in [9.17, 15) is 57.5 Å². The lowest BCUT2D eigenvalue weighted by molar-refractivity contribution is -0.255. The zero-order chi connectivity index (χ0) is 81.6. The molecule has 6 amide bonds. The summed E-state index contributed by atoms with van der Waals surface area (Å²) in [5, 5.41) is 17.1. The molecule has 1 aromatic rings. The number of nitrogens with one attached hydrogen (secondary N) is 6. The highest BCUT2D eigenvalue weighted by molar-refractivity contribution is 5.92. The van der Waals surface area contributed by atoms with Crippen LogP contribution in [0, 0.1) is 47.3 Å². The van der Waals surface area contributed by atoms with Crippen molar-refractivity contribution in [1.82, 2.24) is 36.8 Å². The first-order valence-corrected chi connectivity index (χ1v) is 40.8. The third-order valence-electron chi connectivity index (χ3n) is 21.8. The van der Waals surface area contributed by atoms with Crippen molar-refractivity contribution in [2.75, 3.05) is 85.5 Å². The molecule has 630 valence electrons. The lowest BCUT2D eigenvalue weighted by Gasteiger charge is -2.44. The zero-order valence-corrected chi connectivity index (χ0v) is 68.5. The predicted molar refractivity (Wildman–Crippen MR) is 413 cm³/mol. The van der Waals surface area contributed by atoms with Crippen LogP contribution in [0.1, 0.15) is 230 Å². The minimum Gasteiger partial charge on any atom is -0.463 e. The van der Waals surface area contributed by atoms with Gasteiger partial charge in [0.1, 0.15) is 32.2 Å². The number of Topliss-reactive ketones (excluding diaryl/α,β-unsaturated/α-hetero) is 2. The molecular weight excluding hydrogens is 1430 g/mol. The molecular formula is C82H135N7O22. The molecule has 0 radical (unpaired) electrons. The Hall–Kier alpha value is -7.02. The van der Waals surface area contributed by atoms with Crippen molar-refractivity contribution in [1.29, 1.82) is 0 Å². The molecule has 3 fully saturated rings. The fraction of sp³-hybridized carbons (Fsp3) is 0.780. The highest BCUT2D eigenvalue weighted by Crippen LogP contribution is 2.38. The van der Waals surface area contributed by atoms with Crippen LogP contribution in [0.3, 0.4) is 0 Å². The van der Waals surface area contributed by atoms with Crippen molar-refractivity contribution in [3.8, 4) is 0 Å². The van der Waals surface area contributed by atoms with Crippen molar-refractivity contribution in [2.24, 2.45) is 47.3 Å². The number of ketones is 2. The molecule has 0 bridgehead atoms. The normalized spacial score (nSPS) is 23.9. The second kappa shape index (κ2) is 54.7. The van der Waals surface area contributed by atoms with Crippen molar-refractivity contribution < 1.29 is 105 Å². The largest absolute Gasteiger partial charge is 0.463 e. The first-order chi connectivity index (χ1) is 53.0. The Labute approximate surface area is 658 Å². The highest BCUT2D eigenvalue weighted by atomic mass is 16.7. The second-order valence-corrected chi connectivity index (χ2v) is 30.6. The van der Waals surface area contributed by atoms with E-state index < -0.39 is 92.0 Å². The summed E-state index contributed by atoms with van der Waals surface area (Å²) in [4.78, 5) is 156. The van der Waals surface area contributed by atoms with Gasteiger partial charge in [-0.1, -0.05) is 124 Å². The summed E-state index contributed by atoms with van der Waals surface area (Å²) < 4.78 is 58.2. The third-order valence-corrected chi connectivity index (χ3v) is 21.8. The number of benzene rings is 1. The molecule has 29 nitrogen and oxygen atoms in total. The van der Waals surface area contributed by atoms with E-state index in [1.807, 2.05) is 44.2 Å². The minimum absolute atomic E-state index is 0.0317. The summed E-state index contributed by atoms with van der Waals surface area (Å²) >= 11 is 0. The molecule has 7 unspecified atom stereocenters. The molecule has 3 aliphatic heterocycles. The van der Waals surface area contributed by atoms with Gasteiger partial charge in [0.2, 0.25) is 35.4 Å². The van der Waals surface area contributed by atoms with E-state index in [2.05, 4.69) is 73.4 Å². The summed E-state index contributed by atoms with van der Waals surface area (Å²) in [6.45, 7) is 23.9. The smallest absolute Gasteiger partial charge is 0.306 e. The van der Waals surface area contributed by atoms with E-state index >= 15 is 0 Å². The fourth-order valence-corrected chi connectivity index (χ4v) is 13.8. The van der Waals surface area contributed by atoms with Crippen molar-refractivity contribution in [2.45, 2.75) is 280 Å². The number of unbranched alkanes of at least 4 members (excludes halogenated alkanes) is 10. The Morgan fingerprint density at radius 3 is 1.30 bits per heavy atom. The molecule has 3 aliphatic rings. The van der Waals surface area contributed by atoms with Gasteiger partial charge in [-0.05, 0) is 105 Å². The van der Waals surface area contributed by atoms with Gasteiger partial charge in [-0.25, -0.2) is 0 Å². The van der Waals surface area contributed by atoms with Crippen molar-refractivity contribution >= 4 is 70.9 Å². The standard InChI is InChI=1S/C82H135N7O22/c1-54-56(3)70(51-105-63(10)91)109-80(60(54)7)102-44-27-16-13-23-40-84-74(97)38-36-67(94)48-89(49-77(100)87-47-76(99)86-42-25-15-18-29-46-104-82-79(88-62(9)90)59(6)58(5)72(111-82)53-107-65(12)93)68(33-22-26-43-83-73(96)34-30-35-78(101)108-50-66-31-20-19-21-32-66)69(95)37-39-75(98)85-41-24-14-17-28-45-103-81-61(8)55(2)57(4)71(110-81)52-106-64(11)92/h19-21,31-32,54-61,68,70-72,79-82H,13-18,22-30,33-53H2,1-12H3,(H,83,96)(H,84,97)(H,85,98)(H,86,99)(H,87,100)(H,88,90)/t54-,55-,56+,57+,58+,59-,60?,61?,68?,70?,71?,72?,79?,80+,81+,82+/m0/s1. The summed E-state index contributed by atoms with van der Waals surface area (Å²) in [6, 6.07) is 7.77. The van der Waals surface area contributed by atoms with E-state index in [0.717, 1.165) is 56.9 Å². The van der Waals surface area contributed by atoms with Gasteiger partial charge in [-0.2, -0.15) is 0 Å². The lowest BCUT2D eigenvalue weighted by atomic mass is 9.79. The van der Waals surface area contributed by atoms with Gasteiger partial charge >= 0.3 is 23.9 Å². The first kappa shape index (κ1) is 96.3. The maximum Gasteiger partial charge on any atom is 0.306 e. The van der Waals surface area contributed by atoms with Crippen LogP contribution in [0.15, 0.2) is 30.3 Å². The van der Waals surface area contributed by atoms with Gasteiger partial charge in [0, 0.05) is 124 Å². The zero-order valence-electron chi connectivity index (χ0n) is 68.5. The summed E-state index contributed by atoms with van der Waals surface area (Å²) in [7, 11) is 0. The van der Waals surface area contributed by atoms with Crippen LogP contribution < -0.4 is 31.9 Å². The Kier molecular flexibility index (Phi) is 47.4. The maximum absolute atomic E-state index is 14.6. The van der Waals surface area contributed by atoms with Crippen molar-refractivity contribution in [3.63, 3.8) is 0 Å². The van der Waals surface area contributed by atoms with E-state index in [-0.39, 0.29) is 174 Å². The maximum atomic E-state index is 14.6. The van der Waals surface area contributed by atoms with Crippen LogP contribution >= 0.6 is 0 Å². The predicted octanol–water partition coefficient (Wildman–Crippen LogP) is 8.21. The molecule has 29 heteroatoms. The molecule has 4 rings (SSSR count). The third kappa shape index (κ3) is 39.5. The van der Waals surface area contributed by atoms with Crippen molar-refractivity contribution in [3.05, 3.63) is 35.9 Å². The lowest BCUT2D eigenvalue weighted by Crippen LogP contribution is -2.58. The summed E-state index contributed by atoms with van der Waals surface area (Å²) in [5.74, 6) is -3.55. The number of nitrogens with zero attached hydrogens (tertiary/aromatic N) is 1. The number of rotatable bonds is 56. The summed E-state index contributed by atoms with van der Waals surface area (Å²) in [5.41, 5.74) is 0.845. The fourth-order valence-electron chi connectivity index (χ4n) is 13.8. The van der Waals surface area contributed by atoms with Gasteiger partial charge in [0.15, 0.2) is 24.7 Å². The van der Waals surface area contributed by atoms with Crippen LogP contribution in [0.2, 0.25) is 0 Å². The molecule has 0 spiro atoms. The number of esters is 4. The highest BCUT2D eigenvalue weighted by Gasteiger charge is 2.44. The van der Waals surface area contributed by atoms with Gasteiger partial charge < -0.3 is 79.3 Å². The number of amides is 6. The molecule has 6 N–H and O–H groups in total. The van der Waals surface area contributed by atoms with Crippen LogP contribution in [0.25, 0.3) is 0 Å². The number of carbonyl (C=O) groups is 12. The molecule has 3 heterocycles. The molecule has 0 aromatic heterocycles. The van der Waals surface area contributed by atoms with Gasteiger partial charge in [-0.3, -0.25) is 62.4 Å². The average Bonchev–Trinajstić information content (AvgIpc) is 0.812. The number of ether oxygens (including phenoxy) is 10. The van der Waals surface area contributed by atoms with E-state index in [4.69, 9.17) is 47.4 Å².